The number of ether oxygens (including phenoxy) is 1. The molecule has 7 heteroatoms. The molecule has 1 atom stereocenters. The molecular formula is C20H27FN4O2. The van der Waals surface area contributed by atoms with Gasteiger partial charge in [-0.15, -0.1) is 0 Å². The number of aliphatic hydroxyl groups excluding tert-OH is 1. The Bertz CT molecular complexity index is 748. The number of aliphatic hydroxyl groups is 1. The number of nitrogens with zero attached hydrogens (tertiary/aromatic N) is 2. The second-order valence-corrected chi connectivity index (χ2v) is 7.45. The number of aromatic nitrogens is 2. The SMILES string of the molecule is CC(C)NCC(O)COc1ccc(C2CC(c3cnc(N)cn3)C2)cc1F. The van der Waals surface area contributed by atoms with Crippen molar-refractivity contribution in [1.29, 1.82) is 0 Å². The van der Waals surface area contributed by atoms with E-state index in [2.05, 4.69) is 15.3 Å². The highest BCUT2D eigenvalue weighted by Crippen LogP contribution is 2.47. The van der Waals surface area contributed by atoms with Crippen molar-refractivity contribution in [2.45, 2.75) is 50.7 Å². The van der Waals surface area contributed by atoms with Crippen LogP contribution in [0.3, 0.4) is 0 Å². The third-order valence-corrected chi connectivity index (χ3v) is 4.87. The molecule has 1 aliphatic rings. The summed E-state index contributed by atoms with van der Waals surface area (Å²) in [5.74, 6) is 0.830. The van der Waals surface area contributed by atoms with Gasteiger partial charge in [0.2, 0.25) is 0 Å². The predicted octanol–water partition coefficient (Wildman–Crippen LogP) is 2.60. The Balaban J connectivity index is 1.51. The smallest absolute Gasteiger partial charge is 0.165 e. The van der Waals surface area contributed by atoms with Crippen LogP contribution in [0.1, 0.15) is 49.8 Å². The van der Waals surface area contributed by atoms with E-state index in [1.807, 2.05) is 19.9 Å². The summed E-state index contributed by atoms with van der Waals surface area (Å²) in [4.78, 5) is 8.39. The third kappa shape index (κ3) is 5.14. The van der Waals surface area contributed by atoms with Crippen LogP contribution in [0.25, 0.3) is 0 Å². The molecule has 1 saturated carbocycles. The van der Waals surface area contributed by atoms with Gasteiger partial charge in [-0.25, -0.2) is 9.37 Å². The molecule has 0 amide bonds. The molecule has 27 heavy (non-hydrogen) atoms. The van der Waals surface area contributed by atoms with Gasteiger partial charge in [0, 0.05) is 18.5 Å². The summed E-state index contributed by atoms with van der Waals surface area (Å²) in [5.41, 5.74) is 7.46. The van der Waals surface area contributed by atoms with Gasteiger partial charge in [-0.2, -0.15) is 0 Å². The first kappa shape index (κ1) is 19.5. The molecule has 0 bridgehead atoms. The lowest BCUT2D eigenvalue weighted by Crippen LogP contribution is -2.35. The van der Waals surface area contributed by atoms with Crippen LogP contribution < -0.4 is 15.8 Å². The zero-order valence-electron chi connectivity index (χ0n) is 15.7. The van der Waals surface area contributed by atoms with Crippen LogP contribution in [0.15, 0.2) is 30.6 Å². The van der Waals surface area contributed by atoms with Crippen LogP contribution in [-0.2, 0) is 0 Å². The van der Waals surface area contributed by atoms with Crippen LogP contribution in [0, 0.1) is 5.82 Å². The number of anilines is 1. The Labute approximate surface area is 159 Å². The monoisotopic (exact) mass is 374 g/mol. The Kier molecular flexibility index (Phi) is 6.23. The highest BCUT2D eigenvalue weighted by Gasteiger charge is 2.33. The molecule has 3 rings (SSSR count). The van der Waals surface area contributed by atoms with E-state index in [0.717, 1.165) is 24.1 Å². The van der Waals surface area contributed by atoms with Crippen molar-refractivity contribution >= 4 is 5.82 Å². The molecular weight excluding hydrogens is 347 g/mol. The third-order valence-electron chi connectivity index (χ3n) is 4.87. The summed E-state index contributed by atoms with van der Waals surface area (Å²) in [6.45, 7) is 4.46. The molecule has 1 unspecified atom stereocenters. The van der Waals surface area contributed by atoms with Crippen LogP contribution in [0.4, 0.5) is 10.2 Å². The number of rotatable bonds is 8. The number of benzene rings is 1. The van der Waals surface area contributed by atoms with Crippen LogP contribution in [-0.4, -0.2) is 40.4 Å². The van der Waals surface area contributed by atoms with Gasteiger partial charge in [-0.3, -0.25) is 4.98 Å². The van der Waals surface area contributed by atoms with Gasteiger partial charge in [0.05, 0.1) is 18.1 Å². The zero-order chi connectivity index (χ0) is 19.4. The molecule has 4 N–H and O–H groups in total. The highest BCUT2D eigenvalue weighted by atomic mass is 19.1. The number of nitrogens with one attached hydrogen (secondary N) is 1. The summed E-state index contributed by atoms with van der Waals surface area (Å²) in [7, 11) is 0. The van der Waals surface area contributed by atoms with E-state index in [-0.39, 0.29) is 18.4 Å². The van der Waals surface area contributed by atoms with Crippen molar-refractivity contribution in [3.05, 3.63) is 47.7 Å². The van der Waals surface area contributed by atoms with Crippen molar-refractivity contribution in [3.8, 4) is 5.75 Å². The fraction of sp³-hybridized carbons (Fsp3) is 0.500. The normalized spacial score (nSPS) is 20.3. The fourth-order valence-corrected chi connectivity index (χ4v) is 3.20. The Hall–Kier alpha value is -2.25. The molecule has 0 aliphatic heterocycles. The largest absolute Gasteiger partial charge is 0.488 e. The average molecular weight is 374 g/mol. The Morgan fingerprint density at radius 1 is 1.26 bits per heavy atom. The lowest BCUT2D eigenvalue weighted by atomic mass is 9.70. The van der Waals surface area contributed by atoms with Crippen molar-refractivity contribution in [2.75, 3.05) is 18.9 Å². The first-order chi connectivity index (χ1) is 12.9. The minimum atomic E-state index is -0.681. The summed E-state index contributed by atoms with van der Waals surface area (Å²) in [6, 6.07) is 5.35. The quantitative estimate of drug-likeness (QED) is 0.658. The van der Waals surface area contributed by atoms with Gasteiger partial charge in [0.1, 0.15) is 18.5 Å². The molecule has 1 heterocycles. The summed E-state index contributed by atoms with van der Waals surface area (Å²) in [6.07, 6.45) is 4.43. The molecule has 0 saturated heterocycles. The van der Waals surface area contributed by atoms with E-state index in [0.29, 0.717) is 24.2 Å². The maximum atomic E-state index is 14.3. The van der Waals surface area contributed by atoms with Gasteiger partial charge in [-0.1, -0.05) is 19.9 Å². The number of nitrogen functional groups attached to an aromatic ring is 1. The maximum Gasteiger partial charge on any atom is 0.165 e. The number of hydrogen-bond donors (Lipinski definition) is 3. The van der Waals surface area contributed by atoms with Crippen LogP contribution in [0.5, 0.6) is 5.75 Å². The highest BCUT2D eigenvalue weighted by molar-refractivity contribution is 5.34. The van der Waals surface area contributed by atoms with E-state index in [4.69, 9.17) is 10.5 Å². The Morgan fingerprint density at radius 2 is 2.04 bits per heavy atom. The fourth-order valence-electron chi connectivity index (χ4n) is 3.20. The first-order valence-electron chi connectivity index (χ1n) is 9.33. The van der Waals surface area contributed by atoms with Crippen LogP contribution >= 0.6 is 0 Å². The van der Waals surface area contributed by atoms with E-state index >= 15 is 0 Å². The minimum Gasteiger partial charge on any atom is -0.488 e. The summed E-state index contributed by atoms with van der Waals surface area (Å²) >= 11 is 0. The molecule has 0 radical (unpaired) electrons. The number of halogens is 1. The molecule has 1 aromatic heterocycles. The van der Waals surface area contributed by atoms with Gasteiger partial charge >= 0.3 is 0 Å². The molecule has 0 spiro atoms. The topological polar surface area (TPSA) is 93.3 Å². The summed E-state index contributed by atoms with van der Waals surface area (Å²) < 4.78 is 19.8. The van der Waals surface area contributed by atoms with Crippen molar-refractivity contribution in [3.63, 3.8) is 0 Å². The van der Waals surface area contributed by atoms with Gasteiger partial charge in [-0.05, 0) is 36.5 Å². The van der Waals surface area contributed by atoms with E-state index < -0.39 is 11.9 Å². The second kappa shape index (κ2) is 8.63. The standard InChI is InChI=1S/C20H27FN4O2/c1-12(2)23-8-16(26)11-27-19-4-3-13(7-17(19)21)14-5-15(6-14)18-9-25-20(22)10-24-18/h3-4,7,9-10,12,14-16,23,26H,5-6,8,11H2,1-2H3,(H2,22,25). The zero-order valence-corrected chi connectivity index (χ0v) is 15.7. The van der Waals surface area contributed by atoms with Gasteiger partial charge < -0.3 is 20.9 Å². The first-order valence-corrected chi connectivity index (χ1v) is 9.33. The average Bonchev–Trinajstić information content (AvgIpc) is 2.59. The molecule has 6 nitrogen and oxygen atoms in total. The van der Waals surface area contributed by atoms with Crippen molar-refractivity contribution in [2.24, 2.45) is 0 Å². The van der Waals surface area contributed by atoms with E-state index in [9.17, 15) is 9.50 Å². The van der Waals surface area contributed by atoms with E-state index in [1.54, 1.807) is 18.5 Å². The Morgan fingerprint density at radius 3 is 2.67 bits per heavy atom. The number of nitrogens with two attached hydrogens (primary N) is 1. The summed E-state index contributed by atoms with van der Waals surface area (Å²) in [5, 5.41) is 13.0. The van der Waals surface area contributed by atoms with Crippen molar-refractivity contribution in [1.82, 2.24) is 15.3 Å². The lowest BCUT2D eigenvalue weighted by Gasteiger charge is -2.35. The molecule has 2 aromatic rings. The van der Waals surface area contributed by atoms with Gasteiger partial charge in [0.15, 0.2) is 11.6 Å². The van der Waals surface area contributed by atoms with Crippen LogP contribution in [0.2, 0.25) is 0 Å². The van der Waals surface area contributed by atoms with Crippen molar-refractivity contribution < 1.29 is 14.2 Å². The minimum absolute atomic E-state index is 0.0529. The molecule has 1 aromatic carbocycles. The lowest BCUT2D eigenvalue weighted by molar-refractivity contribution is 0.102. The number of hydrogen-bond acceptors (Lipinski definition) is 6. The second-order valence-electron chi connectivity index (χ2n) is 7.45. The maximum absolute atomic E-state index is 14.3. The molecule has 146 valence electrons. The van der Waals surface area contributed by atoms with E-state index in [1.165, 1.54) is 6.07 Å². The van der Waals surface area contributed by atoms with Gasteiger partial charge in [0.25, 0.3) is 0 Å². The molecule has 1 fully saturated rings. The predicted molar refractivity (Wildman–Crippen MR) is 102 cm³/mol. The molecule has 1 aliphatic carbocycles.